The third kappa shape index (κ3) is 5.04. The summed E-state index contributed by atoms with van der Waals surface area (Å²) in [5.41, 5.74) is -1.51. The summed E-state index contributed by atoms with van der Waals surface area (Å²) in [4.78, 5) is 66.1. The normalized spacial score (nSPS) is 38.3. The number of aliphatic hydroxyl groups excluding tert-OH is 2. The third-order valence-corrected chi connectivity index (χ3v) is 9.19. The highest BCUT2D eigenvalue weighted by atomic mass is 31.2. The van der Waals surface area contributed by atoms with Gasteiger partial charge in [0.1, 0.15) is 36.6 Å². The zero-order valence-electron chi connectivity index (χ0n) is 21.8. The Balaban J connectivity index is 1.23. The number of aromatic amines is 2. The van der Waals surface area contributed by atoms with Crippen LogP contribution < -0.4 is 11.1 Å². The number of nitrogens with one attached hydrogen (secondary N) is 2. The van der Waals surface area contributed by atoms with Crippen molar-refractivity contribution in [2.24, 2.45) is 0 Å². The summed E-state index contributed by atoms with van der Waals surface area (Å²) >= 11 is 0. The summed E-state index contributed by atoms with van der Waals surface area (Å²) in [5, 5.41) is 22.0. The zero-order chi connectivity index (χ0) is 31.0. The van der Waals surface area contributed by atoms with Gasteiger partial charge in [-0.25, -0.2) is 29.1 Å². The average molecular weight is 660 g/mol. The van der Waals surface area contributed by atoms with Crippen LogP contribution in [-0.4, -0.2) is 109 Å². The minimum atomic E-state index is -5.08. The molecule has 236 valence electrons. The molecule has 0 saturated carbocycles. The number of phosphoric ester groups is 2. The number of H-pyrrole nitrogens is 2. The van der Waals surface area contributed by atoms with Gasteiger partial charge < -0.3 is 39.4 Å². The first kappa shape index (κ1) is 29.5. The Morgan fingerprint density at radius 1 is 0.727 bits per heavy atom. The van der Waals surface area contributed by atoms with E-state index in [2.05, 4.69) is 29.9 Å². The van der Waals surface area contributed by atoms with Crippen molar-refractivity contribution in [2.45, 2.75) is 49.1 Å². The number of hydrogen-bond donors (Lipinski definition) is 6. The summed E-state index contributed by atoms with van der Waals surface area (Å²) in [7, 11) is -10.2. The largest absolute Gasteiger partial charge is 0.472 e. The average Bonchev–Trinajstić information content (AvgIpc) is 3.73. The van der Waals surface area contributed by atoms with E-state index in [-0.39, 0.29) is 22.3 Å². The minimum absolute atomic E-state index is 0.0349. The molecule has 7 heterocycles. The van der Waals surface area contributed by atoms with Crippen molar-refractivity contribution < 1.29 is 56.7 Å². The molecular weight excluding hydrogens is 638 g/mol. The summed E-state index contributed by atoms with van der Waals surface area (Å²) < 4.78 is 60.9. The van der Waals surface area contributed by atoms with E-state index in [9.17, 15) is 38.7 Å². The van der Waals surface area contributed by atoms with Crippen molar-refractivity contribution >= 4 is 38.0 Å². The lowest BCUT2D eigenvalue weighted by Gasteiger charge is -2.26. The van der Waals surface area contributed by atoms with Gasteiger partial charge >= 0.3 is 15.6 Å². The van der Waals surface area contributed by atoms with Gasteiger partial charge in [0.25, 0.3) is 11.1 Å². The second-order valence-electron chi connectivity index (χ2n) is 9.89. The fourth-order valence-corrected chi connectivity index (χ4v) is 7.05. The topological polar surface area (TPSA) is 298 Å². The Bertz CT molecular complexity index is 1810. The van der Waals surface area contributed by atoms with Crippen LogP contribution in [0.2, 0.25) is 0 Å². The first-order chi connectivity index (χ1) is 20.9. The van der Waals surface area contributed by atoms with E-state index in [1.54, 1.807) is 0 Å². The van der Waals surface area contributed by atoms with Crippen LogP contribution in [0.1, 0.15) is 12.5 Å². The van der Waals surface area contributed by atoms with Gasteiger partial charge in [0.15, 0.2) is 34.8 Å². The van der Waals surface area contributed by atoms with Crippen LogP contribution in [0.15, 0.2) is 34.9 Å². The Labute approximate surface area is 242 Å². The van der Waals surface area contributed by atoms with Crippen LogP contribution in [0.25, 0.3) is 22.3 Å². The van der Waals surface area contributed by atoms with Crippen LogP contribution in [0.5, 0.6) is 0 Å². The highest BCUT2D eigenvalue weighted by Crippen LogP contribution is 2.53. The molecule has 3 aliphatic rings. The highest BCUT2D eigenvalue weighted by molar-refractivity contribution is 7.47. The van der Waals surface area contributed by atoms with Crippen molar-refractivity contribution in [2.75, 3.05) is 13.2 Å². The molecule has 10 atom stereocenters. The van der Waals surface area contributed by atoms with Crippen molar-refractivity contribution in [3.05, 3.63) is 46.0 Å². The maximum absolute atomic E-state index is 13.1. The van der Waals surface area contributed by atoms with Crippen LogP contribution in [0.3, 0.4) is 0 Å². The van der Waals surface area contributed by atoms with E-state index in [0.717, 1.165) is 34.4 Å². The lowest BCUT2D eigenvalue weighted by molar-refractivity contribution is -0.0675. The van der Waals surface area contributed by atoms with E-state index in [0.29, 0.717) is 0 Å². The molecule has 22 nitrogen and oxygen atoms in total. The number of phosphoric acid groups is 2. The monoisotopic (exact) mass is 660 g/mol. The van der Waals surface area contributed by atoms with Gasteiger partial charge in [-0.05, 0) is 0 Å². The number of aromatic nitrogens is 8. The maximum Gasteiger partial charge on any atom is 0.472 e. The first-order valence-corrected chi connectivity index (χ1v) is 15.7. The molecule has 4 bridgehead atoms. The number of hydrogen-bond acceptors (Lipinski definition) is 16. The van der Waals surface area contributed by atoms with E-state index >= 15 is 0 Å². The van der Waals surface area contributed by atoms with Crippen molar-refractivity contribution in [1.29, 1.82) is 0 Å². The number of aliphatic hydroxyl groups is 2. The summed E-state index contributed by atoms with van der Waals surface area (Å²) in [6, 6.07) is 0. The molecule has 24 heteroatoms. The van der Waals surface area contributed by atoms with Crippen LogP contribution in [0, 0.1) is 0 Å². The molecule has 3 saturated heterocycles. The molecule has 7 rings (SSSR count). The van der Waals surface area contributed by atoms with Crippen LogP contribution >= 0.6 is 15.6 Å². The highest BCUT2D eigenvalue weighted by Gasteiger charge is 2.53. The van der Waals surface area contributed by atoms with Crippen molar-refractivity contribution in [3.8, 4) is 0 Å². The third-order valence-electron chi connectivity index (χ3n) is 7.22. The van der Waals surface area contributed by atoms with E-state index in [1.165, 1.54) is 0 Å². The zero-order valence-corrected chi connectivity index (χ0v) is 23.6. The van der Waals surface area contributed by atoms with Gasteiger partial charge in [-0.3, -0.25) is 36.8 Å². The summed E-state index contributed by atoms with van der Waals surface area (Å²) in [6.45, 7) is -1.66. The van der Waals surface area contributed by atoms with Crippen molar-refractivity contribution in [1.82, 2.24) is 39.0 Å². The smallest absolute Gasteiger partial charge is 0.387 e. The molecule has 3 aliphatic heterocycles. The lowest BCUT2D eigenvalue weighted by atomic mass is 10.1. The van der Waals surface area contributed by atoms with Gasteiger partial charge in [-0.1, -0.05) is 0 Å². The number of ether oxygens (including phenoxy) is 2. The molecule has 6 N–H and O–H groups in total. The minimum Gasteiger partial charge on any atom is -0.387 e. The van der Waals surface area contributed by atoms with Gasteiger partial charge in [0.05, 0.1) is 38.5 Å². The Hall–Kier alpha value is -3.24. The number of rotatable bonds is 2. The molecule has 4 aromatic heterocycles. The Morgan fingerprint density at radius 2 is 1.14 bits per heavy atom. The van der Waals surface area contributed by atoms with Gasteiger partial charge in [-0.2, -0.15) is 0 Å². The van der Waals surface area contributed by atoms with Crippen LogP contribution in [0.4, 0.5) is 0 Å². The lowest BCUT2D eigenvalue weighted by Crippen LogP contribution is -2.38. The van der Waals surface area contributed by atoms with Gasteiger partial charge in [0.2, 0.25) is 0 Å². The molecule has 0 spiro atoms. The molecule has 0 radical (unpaired) electrons. The predicted molar refractivity (Wildman–Crippen MR) is 137 cm³/mol. The van der Waals surface area contributed by atoms with Crippen LogP contribution in [-0.2, 0) is 36.7 Å². The molecule has 2 unspecified atom stereocenters. The standard InChI is InChI=1S/C20H22N8O14P2/c29-11-7-1-37-43(33,34)41-14-12(30)8(40-20(14)28-6-26-10-16(28)22-4-24-18(10)32)2-38-44(35,36)42-13(11)19(39-7)27-5-25-9-15(27)21-3-23-17(9)31/h3-8,11-14,19-20,29-30H,1-2H2,(H,33,34)(H,35,36)(H,21,23,31)(H,22,24,32)/t7-,8-,11-,12-,13-,14-,19-,20-/m1/s1. The number of nitrogens with zero attached hydrogens (tertiary/aromatic N) is 6. The second kappa shape index (κ2) is 10.7. The molecule has 4 aromatic rings. The maximum atomic E-state index is 13.1. The summed E-state index contributed by atoms with van der Waals surface area (Å²) in [6.07, 6.45) is -8.40. The second-order valence-corrected chi connectivity index (χ2v) is 12.7. The first-order valence-electron chi connectivity index (χ1n) is 12.7. The molecular formula is C20H22N8O14P2. The Kier molecular flexibility index (Phi) is 7.16. The molecule has 0 aliphatic carbocycles. The summed E-state index contributed by atoms with van der Waals surface area (Å²) in [5.74, 6) is 0. The SMILES string of the molecule is O=c1[nH]cnc2c1ncn2[C@@H]1O[C@@H]2COP(=O)(O)O[C@@H]3[C@H](O)[C@@H](COP(=O)(O)O[C@@H]1[C@@H]2O)O[C@H]3n1cnc2c(=O)[nH]cnc21. The number of imidazole rings is 2. The number of fused-ring (bicyclic) bond motifs is 6. The fourth-order valence-electron chi connectivity index (χ4n) is 5.19. The van der Waals surface area contributed by atoms with Crippen molar-refractivity contribution in [3.63, 3.8) is 0 Å². The molecule has 3 fully saturated rings. The van der Waals surface area contributed by atoms with E-state index in [1.807, 2.05) is 0 Å². The molecule has 44 heavy (non-hydrogen) atoms. The molecule has 0 amide bonds. The fraction of sp³-hybridized carbons (Fsp3) is 0.500. The van der Waals surface area contributed by atoms with Gasteiger partial charge in [-0.15, -0.1) is 0 Å². The van der Waals surface area contributed by atoms with E-state index in [4.69, 9.17) is 27.6 Å². The quantitative estimate of drug-likeness (QED) is 0.124. The Morgan fingerprint density at radius 3 is 1.55 bits per heavy atom. The van der Waals surface area contributed by atoms with E-state index < -0.39 is 89.1 Å². The predicted octanol–water partition coefficient (Wildman–Crippen LogP) is -2.21. The van der Waals surface area contributed by atoms with Gasteiger partial charge in [0, 0.05) is 0 Å². The molecule has 0 aromatic carbocycles.